The summed E-state index contributed by atoms with van der Waals surface area (Å²) in [6, 6.07) is 7.24. The van der Waals surface area contributed by atoms with Gasteiger partial charge in [0, 0.05) is 18.3 Å². The van der Waals surface area contributed by atoms with Crippen LogP contribution in [0.3, 0.4) is 0 Å². The van der Waals surface area contributed by atoms with E-state index in [0.29, 0.717) is 6.04 Å². The number of anilines is 1. The summed E-state index contributed by atoms with van der Waals surface area (Å²) in [4.78, 5) is 2.30. The van der Waals surface area contributed by atoms with Gasteiger partial charge in [0.05, 0.1) is 0 Å². The van der Waals surface area contributed by atoms with E-state index in [1.165, 1.54) is 23.2 Å². The van der Waals surface area contributed by atoms with Crippen LogP contribution in [0.2, 0.25) is 0 Å². The minimum Gasteiger partial charge on any atom is -0.385 e. The van der Waals surface area contributed by atoms with Crippen LogP contribution >= 0.6 is 0 Å². The van der Waals surface area contributed by atoms with Gasteiger partial charge in [-0.1, -0.05) is 17.7 Å². The molecule has 0 fully saturated rings. The highest BCUT2D eigenvalue weighted by molar-refractivity contribution is 5.55. The highest BCUT2D eigenvalue weighted by Gasteiger charge is 2.21. The molecule has 0 saturated heterocycles. The van der Waals surface area contributed by atoms with Crippen LogP contribution in [0.5, 0.6) is 0 Å². The smallest absolute Gasteiger partial charge is 0.0388 e. The van der Waals surface area contributed by atoms with Gasteiger partial charge in [0.1, 0.15) is 0 Å². The number of fused-ring (bicyclic) bond motifs is 1. The quantitative estimate of drug-likeness (QED) is 0.731. The van der Waals surface area contributed by atoms with Gasteiger partial charge >= 0.3 is 0 Å². The van der Waals surface area contributed by atoms with E-state index in [2.05, 4.69) is 49.4 Å². The highest BCUT2D eigenvalue weighted by atomic mass is 15.1. The number of nitrogens with one attached hydrogen (secondary N) is 1. The second-order valence-electron chi connectivity index (χ2n) is 4.29. The van der Waals surface area contributed by atoms with E-state index in [1.807, 2.05) is 0 Å². The van der Waals surface area contributed by atoms with Crippen LogP contribution in [-0.2, 0) is 0 Å². The summed E-state index contributed by atoms with van der Waals surface area (Å²) in [5, 5.41) is 3.45. The van der Waals surface area contributed by atoms with Gasteiger partial charge < -0.3 is 10.2 Å². The minimum absolute atomic E-state index is 0.575. The summed E-state index contributed by atoms with van der Waals surface area (Å²) >= 11 is 0. The van der Waals surface area contributed by atoms with Gasteiger partial charge in [0.2, 0.25) is 0 Å². The molecule has 0 aliphatic carbocycles. The summed E-state index contributed by atoms with van der Waals surface area (Å²) in [5.41, 5.74) is 4.10. The van der Waals surface area contributed by atoms with E-state index in [-0.39, 0.29) is 0 Å². The third kappa shape index (κ3) is 1.62. The molecule has 0 spiro atoms. The molecule has 2 nitrogen and oxygen atoms in total. The predicted molar refractivity (Wildman–Crippen MR) is 60.7 cm³/mol. The molecule has 1 aromatic rings. The zero-order valence-corrected chi connectivity index (χ0v) is 9.17. The van der Waals surface area contributed by atoms with E-state index >= 15 is 0 Å². The van der Waals surface area contributed by atoms with Crippen molar-refractivity contribution in [3.8, 4) is 0 Å². The zero-order chi connectivity index (χ0) is 10.1. The summed E-state index contributed by atoms with van der Waals surface area (Å²) in [7, 11) is 4.31. The third-order valence-electron chi connectivity index (χ3n) is 2.92. The molecule has 14 heavy (non-hydrogen) atoms. The van der Waals surface area contributed by atoms with E-state index in [0.717, 1.165) is 6.54 Å². The van der Waals surface area contributed by atoms with Crippen molar-refractivity contribution in [2.45, 2.75) is 19.4 Å². The monoisotopic (exact) mass is 190 g/mol. The Bertz CT molecular complexity index is 331. The maximum atomic E-state index is 3.45. The van der Waals surface area contributed by atoms with Gasteiger partial charge in [-0.05, 0) is 39.1 Å². The number of nitrogens with zero attached hydrogens (tertiary/aromatic N) is 1. The second kappa shape index (κ2) is 3.62. The minimum atomic E-state index is 0.575. The van der Waals surface area contributed by atoms with Crippen molar-refractivity contribution in [3.05, 3.63) is 29.3 Å². The van der Waals surface area contributed by atoms with Gasteiger partial charge in [-0.15, -0.1) is 0 Å². The molecule has 1 aliphatic rings. The molecule has 0 bridgehead atoms. The maximum Gasteiger partial charge on any atom is 0.0388 e. The van der Waals surface area contributed by atoms with Crippen LogP contribution in [0, 0.1) is 6.92 Å². The Labute approximate surface area is 85.9 Å². The van der Waals surface area contributed by atoms with E-state index in [9.17, 15) is 0 Å². The van der Waals surface area contributed by atoms with Crippen molar-refractivity contribution in [3.63, 3.8) is 0 Å². The average molecular weight is 190 g/mol. The van der Waals surface area contributed by atoms with Crippen LogP contribution in [0.1, 0.15) is 23.6 Å². The maximum absolute atomic E-state index is 3.45. The van der Waals surface area contributed by atoms with E-state index in [1.54, 1.807) is 0 Å². The molecule has 1 atom stereocenters. The van der Waals surface area contributed by atoms with Gasteiger partial charge in [0.15, 0.2) is 0 Å². The SMILES string of the molecule is Cc1ccc2c(c1)C(N(C)C)CCN2. The van der Waals surface area contributed by atoms with Crippen LogP contribution in [0.25, 0.3) is 0 Å². The Kier molecular flexibility index (Phi) is 2.46. The predicted octanol–water partition coefficient (Wildman–Crippen LogP) is 2.41. The number of aryl methyl sites for hydroxylation is 1. The average Bonchev–Trinajstić information content (AvgIpc) is 2.16. The molecule has 2 rings (SSSR count). The number of hydrogen-bond acceptors (Lipinski definition) is 2. The fourth-order valence-electron chi connectivity index (χ4n) is 2.15. The Hall–Kier alpha value is -1.02. The lowest BCUT2D eigenvalue weighted by Gasteiger charge is -2.31. The largest absolute Gasteiger partial charge is 0.385 e. The molecule has 1 aromatic carbocycles. The Morgan fingerprint density at radius 1 is 1.36 bits per heavy atom. The molecule has 0 amide bonds. The molecule has 1 heterocycles. The van der Waals surface area contributed by atoms with Gasteiger partial charge in [-0.25, -0.2) is 0 Å². The first-order chi connectivity index (χ1) is 6.68. The molecule has 2 heteroatoms. The number of benzene rings is 1. The van der Waals surface area contributed by atoms with E-state index in [4.69, 9.17) is 0 Å². The molecule has 0 saturated carbocycles. The van der Waals surface area contributed by atoms with Crippen LogP contribution in [-0.4, -0.2) is 25.5 Å². The summed E-state index contributed by atoms with van der Waals surface area (Å²) in [5.74, 6) is 0. The van der Waals surface area contributed by atoms with Crippen molar-refractivity contribution in [1.82, 2.24) is 4.90 Å². The Morgan fingerprint density at radius 3 is 2.86 bits per heavy atom. The fourth-order valence-corrected chi connectivity index (χ4v) is 2.15. The molecule has 76 valence electrons. The second-order valence-corrected chi connectivity index (χ2v) is 4.29. The summed E-state index contributed by atoms with van der Waals surface area (Å²) in [6.45, 7) is 3.24. The lowest BCUT2D eigenvalue weighted by molar-refractivity contribution is 0.285. The zero-order valence-electron chi connectivity index (χ0n) is 9.17. The summed E-state index contributed by atoms with van der Waals surface area (Å²) in [6.07, 6.45) is 1.20. The number of rotatable bonds is 1. The van der Waals surface area contributed by atoms with Gasteiger partial charge in [-0.3, -0.25) is 0 Å². The van der Waals surface area contributed by atoms with Crippen molar-refractivity contribution in [1.29, 1.82) is 0 Å². The van der Waals surface area contributed by atoms with Crippen molar-refractivity contribution >= 4 is 5.69 Å². The van der Waals surface area contributed by atoms with Crippen molar-refractivity contribution in [2.75, 3.05) is 26.0 Å². The molecule has 1 aliphatic heterocycles. The molecular weight excluding hydrogens is 172 g/mol. The van der Waals surface area contributed by atoms with E-state index < -0.39 is 0 Å². The Balaban J connectivity index is 2.41. The van der Waals surface area contributed by atoms with Crippen LogP contribution < -0.4 is 5.32 Å². The van der Waals surface area contributed by atoms with Crippen molar-refractivity contribution < 1.29 is 0 Å². The number of hydrogen-bond donors (Lipinski definition) is 1. The van der Waals surface area contributed by atoms with Crippen LogP contribution in [0.4, 0.5) is 5.69 Å². The summed E-state index contributed by atoms with van der Waals surface area (Å²) < 4.78 is 0. The first-order valence-electron chi connectivity index (χ1n) is 5.19. The lowest BCUT2D eigenvalue weighted by Crippen LogP contribution is -2.27. The molecule has 0 aromatic heterocycles. The van der Waals surface area contributed by atoms with Gasteiger partial charge in [0.25, 0.3) is 0 Å². The first kappa shape index (κ1) is 9.53. The van der Waals surface area contributed by atoms with Crippen molar-refractivity contribution in [2.24, 2.45) is 0 Å². The first-order valence-corrected chi connectivity index (χ1v) is 5.19. The standard InChI is InChI=1S/C12H18N2/c1-9-4-5-11-10(8-9)12(14(2)3)6-7-13-11/h4-5,8,12-13H,6-7H2,1-3H3. The molecule has 0 radical (unpaired) electrons. The van der Waals surface area contributed by atoms with Gasteiger partial charge in [-0.2, -0.15) is 0 Å². The molecular formula is C12H18N2. The molecule has 1 N–H and O–H groups in total. The molecule has 1 unspecified atom stereocenters. The third-order valence-corrected chi connectivity index (χ3v) is 2.92. The van der Waals surface area contributed by atoms with Crippen LogP contribution in [0.15, 0.2) is 18.2 Å². The normalized spacial score (nSPS) is 20.4. The lowest BCUT2D eigenvalue weighted by atomic mass is 9.95. The highest BCUT2D eigenvalue weighted by Crippen LogP contribution is 2.33. The Morgan fingerprint density at radius 2 is 2.14 bits per heavy atom. The fraction of sp³-hybridized carbons (Fsp3) is 0.500. The topological polar surface area (TPSA) is 15.3 Å².